The summed E-state index contributed by atoms with van der Waals surface area (Å²) in [5.74, 6) is 1.25. The standard InChI is InChI=1S/C11H13BrO4S/c12-4-1-7-17(13,14)9-2-3-10-11(8-9)16-6-5-15-10/h2-3,8H,1,4-7H2. The maximum absolute atomic E-state index is 12.0. The van der Waals surface area contributed by atoms with Gasteiger partial charge in [-0.3, -0.25) is 0 Å². The summed E-state index contributed by atoms with van der Waals surface area (Å²) in [6, 6.07) is 4.75. The third-order valence-electron chi connectivity index (χ3n) is 2.42. The molecular weight excluding hydrogens is 308 g/mol. The number of hydrogen-bond donors (Lipinski definition) is 0. The molecule has 17 heavy (non-hydrogen) atoms. The van der Waals surface area contributed by atoms with E-state index in [2.05, 4.69) is 15.9 Å². The lowest BCUT2D eigenvalue weighted by Gasteiger charge is -2.18. The summed E-state index contributed by atoms with van der Waals surface area (Å²) in [5, 5.41) is 0.677. The van der Waals surface area contributed by atoms with Crippen molar-refractivity contribution in [1.82, 2.24) is 0 Å². The highest BCUT2D eigenvalue weighted by Crippen LogP contribution is 2.32. The Bertz CT molecular complexity index is 498. The summed E-state index contributed by atoms with van der Waals surface area (Å²) in [7, 11) is -3.22. The van der Waals surface area contributed by atoms with Crippen molar-refractivity contribution in [2.45, 2.75) is 11.3 Å². The van der Waals surface area contributed by atoms with Crippen molar-refractivity contribution in [2.75, 3.05) is 24.3 Å². The molecule has 2 rings (SSSR count). The van der Waals surface area contributed by atoms with Crippen LogP contribution in [0.3, 0.4) is 0 Å². The normalized spacial score (nSPS) is 14.6. The Kier molecular flexibility index (Phi) is 3.93. The smallest absolute Gasteiger partial charge is 0.178 e. The fourth-order valence-corrected chi connectivity index (χ4v) is 3.55. The van der Waals surface area contributed by atoms with Crippen LogP contribution in [0, 0.1) is 0 Å². The van der Waals surface area contributed by atoms with Crippen molar-refractivity contribution < 1.29 is 17.9 Å². The predicted molar refractivity (Wildman–Crippen MR) is 67.9 cm³/mol. The third-order valence-corrected chi connectivity index (χ3v) is 4.78. The van der Waals surface area contributed by atoms with Gasteiger partial charge in [-0.25, -0.2) is 8.42 Å². The van der Waals surface area contributed by atoms with Crippen LogP contribution in [0.1, 0.15) is 6.42 Å². The van der Waals surface area contributed by atoms with Crippen LogP contribution in [0.25, 0.3) is 0 Å². The highest BCUT2D eigenvalue weighted by Gasteiger charge is 2.18. The maximum Gasteiger partial charge on any atom is 0.178 e. The zero-order chi connectivity index (χ0) is 12.3. The van der Waals surface area contributed by atoms with Crippen molar-refractivity contribution in [3.63, 3.8) is 0 Å². The van der Waals surface area contributed by atoms with Crippen LogP contribution in [-0.2, 0) is 9.84 Å². The molecule has 0 spiro atoms. The van der Waals surface area contributed by atoms with Gasteiger partial charge in [0.05, 0.1) is 10.6 Å². The Morgan fingerprint density at radius 1 is 1.18 bits per heavy atom. The van der Waals surface area contributed by atoms with Crippen LogP contribution in [-0.4, -0.2) is 32.7 Å². The largest absolute Gasteiger partial charge is 0.486 e. The second kappa shape index (κ2) is 5.27. The van der Waals surface area contributed by atoms with Crippen LogP contribution in [0.4, 0.5) is 0 Å². The van der Waals surface area contributed by atoms with Gasteiger partial charge in [0.15, 0.2) is 21.3 Å². The molecule has 4 nitrogen and oxygen atoms in total. The zero-order valence-corrected chi connectivity index (χ0v) is 11.6. The van der Waals surface area contributed by atoms with E-state index in [4.69, 9.17) is 9.47 Å². The molecule has 1 aliphatic rings. The van der Waals surface area contributed by atoms with Gasteiger partial charge in [-0.05, 0) is 18.6 Å². The molecule has 0 amide bonds. The average molecular weight is 321 g/mol. The number of sulfone groups is 1. The van der Waals surface area contributed by atoms with E-state index in [1.165, 1.54) is 6.07 Å². The molecule has 0 fully saturated rings. The maximum atomic E-state index is 12.0. The van der Waals surface area contributed by atoms with E-state index in [0.717, 1.165) is 0 Å². The number of benzene rings is 1. The molecule has 0 saturated heterocycles. The Hall–Kier alpha value is -0.750. The summed E-state index contributed by atoms with van der Waals surface area (Å²) < 4.78 is 34.6. The minimum absolute atomic E-state index is 0.137. The van der Waals surface area contributed by atoms with E-state index in [-0.39, 0.29) is 5.75 Å². The number of halogens is 1. The average Bonchev–Trinajstić information content (AvgIpc) is 2.36. The van der Waals surface area contributed by atoms with Crippen molar-refractivity contribution >= 4 is 25.8 Å². The molecule has 0 saturated carbocycles. The van der Waals surface area contributed by atoms with Gasteiger partial charge < -0.3 is 9.47 Å². The van der Waals surface area contributed by atoms with Crippen LogP contribution in [0.2, 0.25) is 0 Å². The quantitative estimate of drug-likeness (QED) is 0.796. The fraction of sp³-hybridized carbons (Fsp3) is 0.455. The lowest BCUT2D eigenvalue weighted by Crippen LogP contribution is -2.16. The first-order valence-corrected chi connectivity index (χ1v) is 8.09. The van der Waals surface area contributed by atoms with Crippen LogP contribution in [0.15, 0.2) is 23.1 Å². The van der Waals surface area contributed by atoms with Crippen LogP contribution >= 0.6 is 15.9 Å². The van der Waals surface area contributed by atoms with Crippen molar-refractivity contribution in [3.05, 3.63) is 18.2 Å². The van der Waals surface area contributed by atoms with Gasteiger partial charge in [-0.15, -0.1) is 0 Å². The van der Waals surface area contributed by atoms with Gasteiger partial charge in [-0.2, -0.15) is 0 Å². The van der Waals surface area contributed by atoms with Gasteiger partial charge in [0, 0.05) is 11.4 Å². The molecule has 0 aliphatic carbocycles. The molecule has 1 aromatic rings. The van der Waals surface area contributed by atoms with Crippen molar-refractivity contribution in [3.8, 4) is 11.5 Å². The van der Waals surface area contributed by atoms with Gasteiger partial charge in [0.1, 0.15) is 13.2 Å². The minimum atomic E-state index is -3.22. The SMILES string of the molecule is O=S(=O)(CCCBr)c1ccc2c(c1)OCCO2. The number of fused-ring (bicyclic) bond motifs is 1. The second-order valence-electron chi connectivity index (χ2n) is 3.67. The van der Waals surface area contributed by atoms with Gasteiger partial charge in [0.2, 0.25) is 0 Å². The lowest BCUT2D eigenvalue weighted by atomic mass is 10.3. The molecule has 0 unspecified atom stereocenters. The monoisotopic (exact) mass is 320 g/mol. The first-order valence-electron chi connectivity index (χ1n) is 5.32. The van der Waals surface area contributed by atoms with E-state index in [1.54, 1.807) is 12.1 Å². The van der Waals surface area contributed by atoms with E-state index < -0.39 is 9.84 Å². The topological polar surface area (TPSA) is 52.6 Å². The summed E-state index contributed by atoms with van der Waals surface area (Å²) in [6.45, 7) is 0.959. The lowest BCUT2D eigenvalue weighted by molar-refractivity contribution is 0.171. The zero-order valence-electron chi connectivity index (χ0n) is 9.19. The number of ether oxygens (including phenoxy) is 2. The molecule has 0 atom stereocenters. The number of rotatable bonds is 4. The fourth-order valence-electron chi connectivity index (χ4n) is 1.58. The Labute approximate surface area is 109 Å². The predicted octanol–water partition coefficient (Wildman–Crippen LogP) is 2.02. The molecule has 6 heteroatoms. The molecule has 0 N–H and O–H groups in total. The van der Waals surface area contributed by atoms with E-state index in [1.807, 2.05) is 0 Å². The van der Waals surface area contributed by atoms with Crippen molar-refractivity contribution in [1.29, 1.82) is 0 Å². The van der Waals surface area contributed by atoms with Gasteiger partial charge >= 0.3 is 0 Å². The Morgan fingerprint density at radius 3 is 2.59 bits per heavy atom. The Balaban J connectivity index is 2.27. The van der Waals surface area contributed by atoms with Crippen LogP contribution in [0.5, 0.6) is 11.5 Å². The highest BCUT2D eigenvalue weighted by molar-refractivity contribution is 9.09. The third kappa shape index (κ3) is 2.93. The molecule has 0 aromatic heterocycles. The number of hydrogen-bond acceptors (Lipinski definition) is 4. The molecule has 94 valence electrons. The van der Waals surface area contributed by atoms with Crippen LogP contribution < -0.4 is 9.47 Å². The molecule has 1 heterocycles. The molecule has 0 bridgehead atoms. The van der Waals surface area contributed by atoms with E-state index in [9.17, 15) is 8.42 Å². The van der Waals surface area contributed by atoms with E-state index >= 15 is 0 Å². The first-order chi connectivity index (χ1) is 8.13. The molecule has 1 aromatic carbocycles. The summed E-state index contributed by atoms with van der Waals surface area (Å²) in [4.78, 5) is 0.294. The minimum Gasteiger partial charge on any atom is -0.486 e. The first kappa shape index (κ1) is 12.7. The summed E-state index contributed by atoms with van der Waals surface area (Å²) >= 11 is 3.23. The summed E-state index contributed by atoms with van der Waals surface area (Å²) in [6.07, 6.45) is 0.594. The Morgan fingerprint density at radius 2 is 1.88 bits per heavy atom. The van der Waals surface area contributed by atoms with Crippen molar-refractivity contribution in [2.24, 2.45) is 0 Å². The van der Waals surface area contributed by atoms with Gasteiger partial charge in [0.25, 0.3) is 0 Å². The highest BCUT2D eigenvalue weighted by atomic mass is 79.9. The molecule has 1 aliphatic heterocycles. The van der Waals surface area contributed by atoms with Gasteiger partial charge in [-0.1, -0.05) is 15.9 Å². The second-order valence-corrected chi connectivity index (χ2v) is 6.57. The summed E-state index contributed by atoms with van der Waals surface area (Å²) in [5.41, 5.74) is 0. The molecule has 0 radical (unpaired) electrons. The molecular formula is C11H13BrO4S. The van der Waals surface area contributed by atoms with E-state index in [0.29, 0.717) is 41.4 Å². The number of alkyl halides is 1.